The highest BCUT2D eigenvalue weighted by molar-refractivity contribution is 5.50. The molecule has 6 heteroatoms. The Kier molecular flexibility index (Phi) is 3.56. The van der Waals surface area contributed by atoms with E-state index in [-0.39, 0.29) is 0 Å². The number of rotatable bonds is 3. The van der Waals surface area contributed by atoms with Crippen molar-refractivity contribution >= 4 is 0 Å². The number of nitrogens with one attached hydrogen (secondary N) is 1. The van der Waals surface area contributed by atoms with Gasteiger partial charge in [-0.25, -0.2) is 9.97 Å². The number of fused-ring (bicyclic) bond motifs is 1. The second kappa shape index (κ2) is 5.50. The molecule has 104 valence electrons. The Morgan fingerprint density at radius 1 is 1.25 bits per heavy atom. The van der Waals surface area contributed by atoms with Crippen LogP contribution in [0.4, 0.5) is 0 Å². The van der Waals surface area contributed by atoms with Crippen LogP contribution in [0.1, 0.15) is 23.9 Å². The summed E-state index contributed by atoms with van der Waals surface area (Å²) in [6.07, 6.45) is 1.90. The summed E-state index contributed by atoms with van der Waals surface area (Å²) in [6.45, 7) is 3.90. The van der Waals surface area contributed by atoms with Crippen LogP contribution in [0.5, 0.6) is 5.88 Å². The number of nitrogens with zero attached hydrogens (tertiary/aromatic N) is 4. The molecule has 3 heterocycles. The first-order chi connectivity index (χ1) is 9.81. The second-order valence-corrected chi connectivity index (χ2v) is 4.66. The highest BCUT2D eigenvalue weighted by Crippen LogP contribution is 2.21. The Hall–Kier alpha value is -2.08. The van der Waals surface area contributed by atoms with Crippen LogP contribution in [-0.4, -0.2) is 33.8 Å². The number of methoxy groups -OCH3 is 1. The number of aromatic nitrogens is 4. The molecule has 0 aromatic carbocycles. The Bertz CT molecular complexity index is 594. The van der Waals surface area contributed by atoms with Gasteiger partial charge in [-0.05, 0) is 31.0 Å². The fourth-order valence-electron chi connectivity index (χ4n) is 2.39. The van der Waals surface area contributed by atoms with Gasteiger partial charge in [-0.15, -0.1) is 10.2 Å². The van der Waals surface area contributed by atoms with Gasteiger partial charge in [0.15, 0.2) is 5.82 Å². The molecule has 0 saturated carbocycles. The van der Waals surface area contributed by atoms with Crippen LogP contribution in [0.2, 0.25) is 0 Å². The molecule has 0 amide bonds. The number of hydrogen-bond acceptors (Lipinski definition) is 6. The SMILES string of the molecule is CCc1nc(-c2ccc(OC)nn2)nc2c1CCNC2. The maximum atomic E-state index is 5.02. The van der Waals surface area contributed by atoms with Gasteiger partial charge in [0.1, 0.15) is 5.69 Å². The van der Waals surface area contributed by atoms with Crippen LogP contribution in [0.15, 0.2) is 12.1 Å². The van der Waals surface area contributed by atoms with Crippen molar-refractivity contribution in [2.24, 2.45) is 0 Å². The monoisotopic (exact) mass is 271 g/mol. The lowest BCUT2D eigenvalue weighted by Gasteiger charge is -2.19. The van der Waals surface area contributed by atoms with E-state index in [4.69, 9.17) is 4.74 Å². The molecule has 0 radical (unpaired) electrons. The van der Waals surface area contributed by atoms with Crippen molar-refractivity contribution in [1.29, 1.82) is 0 Å². The topological polar surface area (TPSA) is 72.8 Å². The lowest BCUT2D eigenvalue weighted by atomic mass is 10.0. The number of ether oxygens (including phenoxy) is 1. The average Bonchev–Trinajstić information content (AvgIpc) is 2.54. The molecule has 0 aliphatic carbocycles. The van der Waals surface area contributed by atoms with E-state index >= 15 is 0 Å². The summed E-state index contributed by atoms with van der Waals surface area (Å²) in [6, 6.07) is 3.61. The molecule has 0 spiro atoms. The van der Waals surface area contributed by atoms with Crippen LogP contribution < -0.4 is 10.1 Å². The summed E-state index contributed by atoms with van der Waals surface area (Å²) in [7, 11) is 1.57. The first-order valence-electron chi connectivity index (χ1n) is 6.79. The standard InChI is InChI=1S/C14H17N5O/c1-3-10-9-6-7-15-8-12(9)17-14(16-10)11-4-5-13(20-2)19-18-11/h4-5,15H,3,6-8H2,1-2H3. The van der Waals surface area contributed by atoms with E-state index < -0.39 is 0 Å². The molecule has 2 aromatic rings. The largest absolute Gasteiger partial charge is 0.480 e. The molecule has 0 unspecified atom stereocenters. The minimum absolute atomic E-state index is 0.490. The predicted octanol–water partition coefficient (Wildman–Crippen LogP) is 1.15. The zero-order chi connectivity index (χ0) is 13.9. The summed E-state index contributed by atoms with van der Waals surface area (Å²) < 4.78 is 5.02. The third-order valence-electron chi connectivity index (χ3n) is 3.44. The van der Waals surface area contributed by atoms with E-state index in [1.807, 2.05) is 6.07 Å². The molecule has 0 saturated heterocycles. The first-order valence-corrected chi connectivity index (χ1v) is 6.79. The Balaban J connectivity index is 2.04. The fraction of sp³-hybridized carbons (Fsp3) is 0.429. The zero-order valence-electron chi connectivity index (χ0n) is 11.7. The minimum Gasteiger partial charge on any atom is -0.480 e. The van der Waals surface area contributed by atoms with Gasteiger partial charge >= 0.3 is 0 Å². The quantitative estimate of drug-likeness (QED) is 0.903. The summed E-state index contributed by atoms with van der Waals surface area (Å²) in [5.41, 5.74) is 4.16. The smallest absolute Gasteiger partial charge is 0.233 e. The van der Waals surface area contributed by atoms with E-state index in [0.717, 1.165) is 37.3 Å². The third kappa shape index (κ3) is 2.34. The molecule has 0 bridgehead atoms. The summed E-state index contributed by atoms with van der Waals surface area (Å²) in [5, 5.41) is 11.4. The molecule has 6 nitrogen and oxygen atoms in total. The number of hydrogen-bond donors (Lipinski definition) is 1. The van der Waals surface area contributed by atoms with Gasteiger partial charge in [0.05, 0.1) is 12.8 Å². The van der Waals surface area contributed by atoms with E-state index in [1.54, 1.807) is 13.2 Å². The van der Waals surface area contributed by atoms with Crippen molar-refractivity contribution in [3.8, 4) is 17.4 Å². The fourth-order valence-corrected chi connectivity index (χ4v) is 2.39. The van der Waals surface area contributed by atoms with Crippen LogP contribution >= 0.6 is 0 Å². The highest BCUT2D eigenvalue weighted by Gasteiger charge is 2.17. The molecule has 1 N–H and O–H groups in total. The minimum atomic E-state index is 0.490. The molecule has 0 atom stereocenters. The van der Waals surface area contributed by atoms with Crippen LogP contribution in [0.3, 0.4) is 0 Å². The Morgan fingerprint density at radius 2 is 2.15 bits per heavy atom. The van der Waals surface area contributed by atoms with Crippen molar-refractivity contribution in [2.75, 3.05) is 13.7 Å². The van der Waals surface area contributed by atoms with E-state index in [0.29, 0.717) is 17.4 Å². The van der Waals surface area contributed by atoms with Crippen molar-refractivity contribution in [1.82, 2.24) is 25.5 Å². The molecule has 1 aliphatic rings. The molecule has 1 aliphatic heterocycles. The highest BCUT2D eigenvalue weighted by atomic mass is 16.5. The Labute approximate surface area is 117 Å². The van der Waals surface area contributed by atoms with Gasteiger partial charge in [-0.1, -0.05) is 6.92 Å². The molecule has 3 rings (SSSR count). The summed E-state index contributed by atoms with van der Waals surface area (Å²) in [5.74, 6) is 1.13. The lowest BCUT2D eigenvalue weighted by molar-refractivity contribution is 0.392. The molecular formula is C14H17N5O. The maximum Gasteiger partial charge on any atom is 0.233 e. The van der Waals surface area contributed by atoms with Crippen LogP contribution in [0.25, 0.3) is 11.5 Å². The molecule has 20 heavy (non-hydrogen) atoms. The third-order valence-corrected chi connectivity index (χ3v) is 3.44. The van der Waals surface area contributed by atoms with Crippen molar-refractivity contribution in [3.63, 3.8) is 0 Å². The van der Waals surface area contributed by atoms with Crippen LogP contribution in [-0.2, 0) is 19.4 Å². The molecular weight excluding hydrogens is 254 g/mol. The van der Waals surface area contributed by atoms with Crippen molar-refractivity contribution in [2.45, 2.75) is 26.3 Å². The Morgan fingerprint density at radius 3 is 2.85 bits per heavy atom. The zero-order valence-corrected chi connectivity index (χ0v) is 11.7. The van der Waals surface area contributed by atoms with Gasteiger partial charge in [-0.2, -0.15) is 0 Å². The van der Waals surface area contributed by atoms with Crippen molar-refractivity contribution in [3.05, 3.63) is 29.1 Å². The van der Waals surface area contributed by atoms with E-state index in [9.17, 15) is 0 Å². The molecule has 2 aromatic heterocycles. The van der Waals surface area contributed by atoms with Gasteiger partial charge in [0, 0.05) is 18.3 Å². The van der Waals surface area contributed by atoms with Gasteiger partial charge in [-0.3, -0.25) is 0 Å². The average molecular weight is 271 g/mol. The lowest BCUT2D eigenvalue weighted by Crippen LogP contribution is -2.26. The van der Waals surface area contributed by atoms with E-state index in [1.165, 1.54) is 5.56 Å². The van der Waals surface area contributed by atoms with E-state index in [2.05, 4.69) is 32.4 Å². The summed E-state index contributed by atoms with van der Waals surface area (Å²) in [4.78, 5) is 9.28. The first kappa shape index (κ1) is 12.9. The predicted molar refractivity (Wildman–Crippen MR) is 74.4 cm³/mol. The summed E-state index contributed by atoms with van der Waals surface area (Å²) >= 11 is 0. The molecule has 0 fully saturated rings. The normalized spacial score (nSPS) is 13.9. The van der Waals surface area contributed by atoms with Crippen molar-refractivity contribution < 1.29 is 4.74 Å². The van der Waals surface area contributed by atoms with Crippen LogP contribution in [0, 0.1) is 0 Å². The van der Waals surface area contributed by atoms with Gasteiger partial charge in [0.25, 0.3) is 0 Å². The van der Waals surface area contributed by atoms with Gasteiger partial charge < -0.3 is 10.1 Å². The maximum absolute atomic E-state index is 5.02. The number of aryl methyl sites for hydroxylation is 1. The second-order valence-electron chi connectivity index (χ2n) is 4.66. The van der Waals surface area contributed by atoms with Gasteiger partial charge in [0.2, 0.25) is 5.88 Å².